The maximum absolute atomic E-state index is 14.0. The number of hydrogen-bond donors (Lipinski definition) is 1. The fourth-order valence-corrected chi connectivity index (χ4v) is 4.27. The molecule has 6 aromatic rings. The van der Waals surface area contributed by atoms with E-state index < -0.39 is 5.82 Å². The van der Waals surface area contributed by atoms with Crippen LogP contribution in [0.1, 0.15) is 0 Å². The summed E-state index contributed by atoms with van der Waals surface area (Å²) in [7, 11) is 3.02. The van der Waals surface area contributed by atoms with Crippen molar-refractivity contribution in [2.24, 2.45) is 0 Å². The van der Waals surface area contributed by atoms with Crippen molar-refractivity contribution in [3.8, 4) is 34.3 Å². The maximum Gasteiger partial charge on any atom is 0.165 e. The van der Waals surface area contributed by atoms with Gasteiger partial charge in [0.15, 0.2) is 23.1 Å². The van der Waals surface area contributed by atoms with E-state index >= 15 is 0 Å². The molecule has 192 valence electrons. The minimum absolute atomic E-state index is 0.151. The highest BCUT2D eigenvalue weighted by Crippen LogP contribution is 2.34. The molecule has 3 heterocycles. The van der Waals surface area contributed by atoms with Gasteiger partial charge >= 0.3 is 0 Å². The van der Waals surface area contributed by atoms with Crippen LogP contribution in [-0.2, 0) is 0 Å². The lowest BCUT2D eigenvalue weighted by molar-refractivity contribution is 0.387. The number of benzene rings is 3. The molecule has 0 saturated heterocycles. The quantitative estimate of drug-likeness (QED) is 0.243. The smallest absolute Gasteiger partial charge is 0.165 e. The molecule has 3 aromatic heterocycles. The fraction of sp³-hybridized carbons (Fsp3) is 0.0667. The molecular formula is C30H22FN5O3. The summed E-state index contributed by atoms with van der Waals surface area (Å²) in [5, 5.41) is 14.0. The topological polar surface area (TPSA) is 91.3 Å². The number of anilines is 2. The lowest BCUT2D eigenvalue weighted by atomic mass is 10.0. The average molecular weight is 520 g/mol. The minimum atomic E-state index is -0.433. The third kappa shape index (κ3) is 4.73. The van der Waals surface area contributed by atoms with Gasteiger partial charge in [0.25, 0.3) is 0 Å². The summed E-state index contributed by atoms with van der Waals surface area (Å²) in [4.78, 5) is 8.78. The van der Waals surface area contributed by atoms with Crippen molar-refractivity contribution >= 4 is 33.3 Å². The van der Waals surface area contributed by atoms with E-state index in [4.69, 9.17) is 14.2 Å². The maximum atomic E-state index is 14.0. The first-order valence-corrected chi connectivity index (χ1v) is 12.1. The molecule has 0 spiro atoms. The van der Waals surface area contributed by atoms with Gasteiger partial charge in [-0.05, 0) is 42.5 Å². The van der Waals surface area contributed by atoms with E-state index in [2.05, 4.69) is 25.5 Å². The minimum Gasteiger partial charge on any atom is -0.495 e. The Bertz CT molecular complexity index is 1810. The number of hydrogen-bond acceptors (Lipinski definition) is 8. The summed E-state index contributed by atoms with van der Waals surface area (Å²) in [6.45, 7) is 0. The first-order chi connectivity index (χ1) is 19.1. The van der Waals surface area contributed by atoms with Crippen molar-refractivity contribution in [2.45, 2.75) is 0 Å². The number of methoxy groups -OCH3 is 2. The Morgan fingerprint density at radius 2 is 1.56 bits per heavy atom. The molecule has 9 heteroatoms. The van der Waals surface area contributed by atoms with Crippen molar-refractivity contribution in [1.29, 1.82) is 0 Å². The fourth-order valence-electron chi connectivity index (χ4n) is 4.27. The molecule has 0 aliphatic carbocycles. The molecule has 6 rings (SSSR count). The predicted octanol–water partition coefficient (Wildman–Crippen LogP) is 6.93. The van der Waals surface area contributed by atoms with Crippen LogP contribution in [0.4, 0.5) is 15.9 Å². The first kappa shape index (κ1) is 24.1. The molecule has 0 bridgehead atoms. The number of aromatic nitrogens is 4. The van der Waals surface area contributed by atoms with Crippen LogP contribution >= 0.6 is 0 Å². The first-order valence-electron chi connectivity index (χ1n) is 12.1. The van der Waals surface area contributed by atoms with Crippen LogP contribution in [0.3, 0.4) is 0 Å². The molecular weight excluding hydrogens is 497 g/mol. The monoisotopic (exact) mass is 519 g/mol. The van der Waals surface area contributed by atoms with Gasteiger partial charge < -0.3 is 19.5 Å². The van der Waals surface area contributed by atoms with Gasteiger partial charge in [-0.1, -0.05) is 24.3 Å². The van der Waals surface area contributed by atoms with Gasteiger partial charge in [0.2, 0.25) is 0 Å². The second-order valence-corrected chi connectivity index (χ2v) is 8.60. The molecule has 1 N–H and O–H groups in total. The van der Waals surface area contributed by atoms with Crippen molar-refractivity contribution in [2.75, 3.05) is 19.5 Å². The van der Waals surface area contributed by atoms with Crippen molar-refractivity contribution in [1.82, 2.24) is 20.2 Å². The van der Waals surface area contributed by atoms with Crippen LogP contribution in [0, 0.1) is 5.82 Å². The molecule has 8 nitrogen and oxygen atoms in total. The predicted molar refractivity (Wildman–Crippen MR) is 147 cm³/mol. The van der Waals surface area contributed by atoms with Crippen molar-refractivity contribution in [3.05, 3.63) is 97.1 Å². The highest BCUT2D eigenvalue weighted by atomic mass is 19.1. The normalized spacial score (nSPS) is 10.9. The standard InChI is InChI=1S/C30H22FN5O3/c1-37-21-16-25-29(33-17-21)26(13-14-32-25)39-20-10-8-19(9-11-20)34-30-23-6-4-3-5-22(23)28(35-36-30)18-7-12-24(31)27(15-18)38-2/h3-17H,1-2H3,(H,34,36). The van der Waals surface area contributed by atoms with Gasteiger partial charge in [0.05, 0.1) is 25.9 Å². The molecule has 0 saturated carbocycles. The highest BCUT2D eigenvalue weighted by Gasteiger charge is 2.14. The highest BCUT2D eigenvalue weighted by molar-refractivity contribution is 6.01. The van der Waals surface area contributed by atoms with Gasteiger partial charge in [0, 0.05) is 40.4 Å². The number of rotatable bonds is 7. The van der Waals surface area contributed by atoms with Gasteiger partial charge in [-0.25, -0.2) is 9.37 Å². The van der Waals surface area contributed by atoms with Crippen LogP contribution in [0.2, 0.25) is 0 Å². The Morgan fingerprint density at radius 1 is 0.744 bits per heavy atom. The van der Waals surface area contributed by atoms with Crippen LogP contribution in [-0.4, -0.2) is 34.4 Å². The second kappa shape index (κ2) is 10.2. The van der Waals surface area contributed by atoms with Crippen LogP contribution in [0.15, 0.2) is 91.3 Å². The number of nitrogens with one attached hydrogen (secondary N) is 1. The van der Waals surface area contributed by atoms with E-state index in [1.54, 1.807) is 37.7 Å². The number of nitrogens with zero attached hydrogens (tertiary/aromatic N) is 4. The Morgan fingerprint density at radius 3 is 2.36 bits per heavy atom. The summed E-state index contributed by atoms with van der Waals surface area (Å²) in [5.74, 6) is 2.17. The lowest BCUT2D eigenvalue weighted by Crippen LogP contribution is -1.99. The summed E-state index contributed by atoms with van der Waals surface area (Å²) >= 11 is 0. The van der Waals surface area contributed by atoms with E-state index in [0.717, 1.165) is 16.5 Å². The van der Waals surface area contributed by atoms with Crippen LogP contribution in [0.5, 0.6) is 23.0 Å². The molecule has 39 heavy (non-hydrogen) atoms. The Hall–Kier alpha value is -5.31. The van der Waals surface area contributed by atoms with Crippen LogP contribution in [0.25, 0.3) is 33.1 Å². The van der Waals surface area contributed by atoms with Gasteiger partial charge in [-0.3, -0.25) is 4.98 Å². The molecule has 0 fully saturated rings. The Balaban J connectivity index is 1.27. The summed E-state index contributed by atoms with van der Waals surface area (Å²) in [6.07, 6.45) is 3.30. The summed E-state index contributed by atoms with van der Waals surface area (Å²) < 4.78 is 30.4. The molecule has 0 radical (unpaired) electrons. The molecule has 0 unspecified atom stereocenters. The SMILES string of the molecule is COc1cnc2c(Oc3ccc(Nc4nnc(-c5ccc(F)c(OC)c5)c5ccccc45)cc3)ccnc2c1. The Kier molecular flexibility index (Phi) is 6.30. The molecule has 0 aliphatic rings. The summed E-state index contributed by atoms with van der Waals surface area (Å²) in [5.41, 5.74) is 3.47. The third-order valence-corrected chi connectivity index (χ3v) is 6.21. The van der Waals surface area contributed by atoms with Gasteiger partial charge in [-0.2, -0.15) is 0 Å². The number of fused-ring (bicyclic) bond motifs is 2. The van der Waals surface area contributed by atoms with E-state index in [1.165, 1.54) is 13.2 Å². The van der Waals surface area contributed by atoms with Gasteiger partial charge in [0.1, 0.15) is 22.7 Å². The molecule has 0 amide bonds. The number of ether oxygens (including phenoxy) is 3. The van der Waals surface area contributed by atoms with Gasteiger partial charge in [-0.15, -0.1) is 10.2 Å². The van der Waals surface area contributed by atoms with Crippen LogP contribution < -0.4 is 19.5 Å². The zero-order valence-electron chi connectivity index (χ0n) is 21.1. The molecule has 3 aromatic carbocycles. The second-order valence-electron chi connectivity index (χ2n) is 8.60. The van der Waals surface area contributed by atoms with E-state index in [9.17, 15) is 4.39 Å². The summed E-state index contributed by atoms with van der Waals surface area (Å²) in [6, 6.07) is 23.5. The number of pyridine rings is 2. The zero-order valence-corrected chi connectivity index (χ0v) is 21.1. The van der Waals surface area contributed by atoms with E-state index in [-0.39, 0.29) is 5.75 Å². The van der Waals surface area contributed by atoms with E-state index in [0.29, 0.717) is 45.4 Å². The number of halogens is 1. The van der Waals surface area contributed by atoms with E-state index in [1.807, 2.05) is 54.6 Å². The largest absolute Gasteiger partial charge is 0.495 e. The molecule has 0 atom stereocenters. The van der Waals surface area contributed by atoms with Crippen molar-refractivity contribution in [3.63, 3.8) is 0 Å². The zero-order chi connectivity index (χ0) is 26.8. The Labute approximate surface area is 223 Å². The third-order valence-electron chi connectivity index (χ3n) is 6.21. The molecule has 0 aliphatic heterocycles. The average Bonchev–Trinajstić information content (AvgIpc) is 2.98. The lowest BCUT2D eigenvalue weighted by Gasteiger charge is -2.13. The van der Waals surface area contributed by atoms with Crippen molar-refractivity contribution < 1.29 is 18.6 Å².